The van der Waals surface area contributed by atoms with Crippen LogP contribution in [0.3, 0.4) is 0 Å². The van der Waals surface area contributed by atoms with E-state index in [2.05, 4.69) is 15.9 Å². The van der Waals surface area contributed by atoms with Crippen molar-refractivity contribution in [1.82, 2.24) is 0 Å². The van der Waals surface area contributed by atoms with Crippen molar-refractivity contribution in [2.75, 3.05) is 0 Å². The van der Waals surface area contributed by atoms with Crippen LogP contribution in [0, 0.1) is 0 Å². The van der Waals surface area contributed by atoms with Crippen LogP contribution < -0.4 is 4.74 Å². The number of halogens is 1. The lowest BCUT2D eigenvalue weighted by Gasteiger charge is -2.16. The summed E-state index contributed by atoms with van der Waals surface area (Å²) in [5.41, 5.74) is 0.821. The van der Waals surface area contributed by atoms with Gasteiger partial charge in [0.25, 0.3) is 0 Å². The molecule has 1 aromatic carbocycles. The van der Waals surface area contributed by atoms with Gasteiger partial charge in [-0.1, -0.05) is 22.0 Å². The van der Waals surface area contributed by atoms with E-state index in [1.54, 1.807) is 6.92 Å². The molecule has 2 nitrogen and oxygen atoms in total. The summed E-state index contributed by atoms with van der Waals surface area (Å²) in [6.45, 7) is 5.66. The highest BCUT2D eigenvalue weighted by Gasteiger charge is 2.10. The second kappa shape index (κ2) is 4.80. The molecule has 78 valence electrons. The van der Waals surface area contributed by atoms with Gasteiger partial charge in [-0.25, -0.2) is 0 Å². The van der Waals surface area contributed by atoms with Gasteiger partial charge in [0.1, 0.15) is 5.75 Å². The van der Waals surface area contributed by atoms with Crippen LogP contribution in [0.4, 0.5) is 0 Å². The third kappa shape index (κ3) is 3.00. The van der Waals surface area contributed by atoms with Crippen LogP contribution in [0.2, 0.25) is 0 Å². The monoisotopic (exact) mass is 258 g/mol. The van der Waals surface area contributed by atoms with Crippen LogP contribution in [0.1, 0.15) is 32.4 Å². The van der Waals surface area contributed by atoms with Crippen molar-refractivity contribution in [3.63, 3.8) is 0 Å². The molecule has 0 bridgehead atoms. The number of benzene rings is 1. The van der Waals surface area contributed by atoms with Gasteiger partial charge < -0.3 is 9.84 Å². The lowest BCUT2D eigenvalue weighted by molar-refractivity contribution is 0.183. The summed E-state index contributed by atoms with van der Waals surface area (Å²) in [5.74, 6) is 0.740. The maximum Gasteiger partial charge on any atom is 0.126 e. The van der Waals surface area contributed by atoms with Crippen LogP contribution in [-0.2, 0) is 0 Å². The maximum atomic E-state index is 9.51. The zero-order valence-electron chi connectivity index (χ0n) is 8.62. The van der Waals surface area contributed by atoms with Crippen LogP contribution in [-0.4, -0.2) is 11.2 Å². The normalized spacial score (nSPS) is 13.0. The van der Waals surface area contributed by atoms with Gasteiger partial charge in [0.15, 0.2) is 0 Å². The van der Waals surface area contributed by atoms with Crippen molar-refractivity contribution in [2.45, 2.75) is 33.0 Å². The molecule has 1 rings (SSSR count). The van der Waals surface area contributed by atoms with Gasteiger partial charge in [-0.3, -0.25) is 0 Å². The number of hydrogen-bond acceptors (Lipinski definition) is 2. The molecule has 0 radical (unpaired) electrons. The van der Waals surface area contributed by atoms with Gasteiger partial charge in [0.05, 0.1) is 12.2 Å². The summed E-state index contributed by atoms with van der Waals surface area (Å²) in [4.78, 5) is 0. The first-order valence-corrected chi connectivity index (χ1v) is 5.44. The molecule has 1 N–H and O–H groups in total. The Bertz CT molecular complexity index is 308. The van der Waals surface area contributed by atoms with Crippen molar-refractivity contribution in [1.29, 1.82) is 0 Å². The Morgan fingerprint density at radius 2 is 1.93 bits per heavy atom. The number of rotatable bonds is 3. The summed E-state index contributed by atoms with van der Waals surface area (Å²) in [7, 11) is 0. The molecule has 0 saturated heterocycles. The van der Waals surface area contributed by atoms with Crippen molar-refractivity contribution >= 4 is 15.9 Å². The molecule has 0 heterocycles. The molecule has 14 heavy (non-hydrogen) atoms. The molecule has 0 aliphatic carbocycles. The summed E-state index contributed by atoms with van der Waals surface area (Å²) in [6.07, 6.45) is -0.390. The van der Waals surface area contributed by atoms with Crippen molar-refractivity contribution in [2.24, 2.45) is 0 Å². The average Bonchev–Trinajstić information content (AvgIpc) is 2.01. The van der Waals surface area contributed by atoms with E-state index >= 15 is 0 Å². The van der Waals surface area contributed by atoms with Crippen molar-refractivity contribution in [3.8, 4) is 5.75 Å². The van der Waals surface area contributed by atoms with E-state index in [1.165, 1.54) is 0 Å². The molecule has 0 aromatic heterocycles. The van der Waals surface area contributed by atoms with Gasteiger partial charge in [-0.2, -0.15) is 0 Å². The highest BCUT2D eigenvalue weighted by molar-refractivity contribution is 9.10. The Morgan fingerprint density at radius 1 is 1.29 bits per heavy atom. The number of aliphatic hydroxyl groups excluding tert-OH is 1. The van der Waals surface area contributed by atoms with Crippen LogP contribution >= 0.6 is 15.9 Å². The van der Waals surface area contributed by atoms with Crippen LogP contribution in [0.25, 0.3) is 0 Å². The summed E-state index contributed by atoms with van der Waals surface area (Å²) >= 11 is 3.37. The van der Waals surface area contributed by atoms with E-state index in [4.69, 9.17) is 4.74 Å². The number of ether oxygens (including phenoxy) is 1. The molecule has 1 atom stereocenters. The SMILES string of the molecule is CC(C)Oc1cc(Br)ccc1[C@@H](C)O. The Kier molecular flexibility index (Phi) is 3.96. The van der Waals surface area contributed by atoms with Gasteiger partial charge in [0.2, 0.25) is 0 Å². The van der Waals surface area contributed by atoms with Gasteiger partial charge in [-0.05, 0) is 32.9 Å². The Balaban J connectivity index is 3.03. The predicted octanol–water partition coefficient (Wildman–Crippen LogP) is 3.29. The summed E-state index contributed by atoms with van der Waals surface area (Å²) in [6, 6.07) is 5.64. The van der Waals surface area contributed by atoms with E-state index in [0.29, 0.717) is 0 Å². The predicted molar refractivity (Wildman–Crippen MR) is 60.5 cm³/mol. The number of aliphatic hydroxyl groups is 1. The molecule has 3 heteroatoms. The molecule has 0 aliphatic rings. The largest absolute Gasteiger partial charge is 0.491 e. The topological polar surface area (TPSA) is 29.5 Å². The first kappa shape index (κ1) is 11.5. The lowest BCUT2D eigenvalue weighted by atomic mass is 10.1. The molecule has 0 saturated carbocycles. The molecular weight excluding hydrogens is 244 g/mol. The maximum absolute atomic E-state index is 9.51. The Hall–Kier alpha value is -0.540. The Morgan fingerprint density at radius 3 is 2.43 bits per heavy atom. The van der Waals surface area contributed by atoms with Gasteiger partial charge in [-0.15, -0.1) is 0 Å². The molecule has 1 aromatic rings. The van der Waals surface area contributed by atoms with Gasteiger partial charge >= 0.3 is 0 Å². The standard InChI is InChI=1S/C11H15BrO2/c1-7(2)14-11-6-9(12)4-5-10(11)8(3)13/h4-8,13H,1-3H3/t8-/m1/s1. The van der Waals surface area contributed by atoms with E-state index in [9.17, 15) is 5.11 Å². The minimum absolute atomic E-state index is 0.113. The zero-order chi connectivity index (χ0) is 10.7. The minimum Gasteiger partial charge on any atom is -0.491 e. The second-order valence-corrected chi connectivity index (χ2v) is 4.44. The summed E-state index contributed by atoms with van der Waals surface area (Å²) in [5, 5.41) is 9.51. The third-order valence-corrected chi connectivity index (χ3v) is 2.28. The highest BCUT2D eigenvalue weighted by atomic mass is 79.9. The lowest BCUT2D eigenvalue weighted by Crippen LogP contribution is -2.08. The molecule has 0 unspecified atom stereocenters. The highest BCUT2D eigenvalue weighted by Crippen LogP contribution is 2.29. The van der Waals surface area contributed by atoms with Crippen molar-refractivity contribution < 1.29 is 9.84 Å². The van der Waals surface area contributed by atoms with E-state index in [-0.39, 0.29) is 6.10 Å². The van der Waals surface area contributed by atoms with E-state index in [1.807, 2.05) is 32.0 Å². The van der Waals surface area contributed by atoms with E-state index in [0.717, 1.165) is 15.8 Å². The first-order valence-electron chi connectivity index (χ1n) is 4.65. The van der Waals surface area contributed by atoms with Crippen LogP contribution in [0.15, 0.2) is 22.7 Å². The first-order chi connectivity index (χ1) is 6.50. The molecule has 0 amide bonds. The quantitative estimate of drug-likeness (QED) is 0.902. The molecule has 0 spiro atoms. The Labute approximate surface area is 93.0 Å². The van der Waals surface area contributed by atoms with E-state index < -0.39 is 6.10 Å². The molecule has 0 fully saturated rings. The minimum atomic E-state index is -0.503. The molecular formula is C11H15BrO2. The van der Waals surface area contributed by atoms with Crippen molar-refractivity contribution in [3.05, 3.63) is 28.2 Å². The molecule has 0 aliphatic heterocycles. The second-order valence-electron chi connectivity index (χ2n) is 3.52. The fraction of sp³-hybridized carbons (Fsp3) is 0.455. The number of hydrogen-bond donors (Lipinski definition) is 1. The fourth-order valence-corrected chi connectivity index (χ4v) is 1.55. The average molecular weight is 259 g/mol. The van der Waals surface area contributed by atoms with Crippen LogP contribution in [0.5, 0.6) is 5.75 Å². The summed E-state index contributed by atoms with van der Waals surface area (Å²) < 4.78 is 6.55. The fourth-order valence-electron chi connectivity index (χ4n) is 1.21. The third-order valence-electron chi connectivity index (χ3n) is 1.79. The van der Waals surface area contributed by atoms with Gasteiger partial charge in [0, 0.05) is 10.0 Å². The smallest absolute Gasteiger partial charge is 0.126 e. The zero-order valence-corrected chi connectivity index (χ0v) is 10.2.